The third-order valence-electron chi connectivity index (χ3n) is 4.16. The van der Waals surface area contributed by atoms with Crippen LogP contribution in [0, 0.1) is 10.1 Å². The number of methoxy groups -OCH3 is 1. The highest BCUT2D eigenvalue weighted by molar-refractivity contribution is 5.88. The molecule has 24 heavy (non-hydrogen) atoms. The van der Waals surface area contributed by atoms with Crippen LogP contribution in [-0.4, -0.2) is 46.3 Å². The van der Waals surface area contributed by atoms with Crippen molar-refractivity contribution in [3.05, 3.63) is 45.9 Å². The van der Waals surface area contributed by atoms with E-state index in [2.05, 4.69) is 19.9 Å². The van der Waals surface area contributed by atoms with Crippen LogP contribution in [0.25, 0.3) is 0 Å². The molecule has 1 aliphatic rings. The highest BCUT2D eigenvalue weighted by Crippen LogP contribution is 2.33. The maximum atomic E-state index is 11.7. The SMILES string of the molecule is COC(=O)c1ccc([N+](=O)[O-])c(N2CCCC(c3cn[nH]c3)C2)n1. The minimum Gasteiger partial charge on any atom is -0.464 e. The lowest BCUT2D eigenvalue weighted by Crippen LogP contribution is -2.35. The first kappa shape index (κ1) is 15.9. The number of ether oxygens (including phenoxy) is 1. The zero-order valence-electron chi connectivity index (χ0n) is 13.1. The fraction of sp³-hybridized carbons (Fsp3) is 0.400. The fourth-order valence-electron chi connectivity index (χ4n) is 2.96. The molecule has 0 aromatic carbocycles. The Hall–Kier alpha value is -2.97. The van der Waals surface area contributed by atoms with Crippen molar-refractivity contribution >= 4 is 17.5 Å². The second-order valence-electron chi connectivity index (χ2n) is 5.60. The van der Waals surface area contributed by atoms with E-state index < -0.39 is 10.9 Å². The van der Waals surface area contributed by atoms with E-state index in [-0.39, 0.29) is 23.1 Å². The average Bonchev–Trinajstić information content (AvgIpc) is 3.15. The van der Waals surface area contributed by atoms with E-state index >= 15 is 0 Å². The summed E-state index contributed by atoms with van der Waals surface area (Å²) in [5.74, 6) is -0.202. The molecule has 9 heteroatoms. The predicted molar refractivity (Wildman–Crippen MR) is 85.0 cm³/mol. The van der Waals surface area contributed by atoms with Crippen LogP contribution in [0.1, 0.15) is 34.8 Å². The molecule has 126 valence electrons. The van der Waals surface area contributed by atoms with Crippen LogP contribution in [0.4, 0.5) is 11.5 Å². The van der Waals surface area contributed by atoms with Crippen LogP contribution in [-0.2, 0) is 4.74 Å². The van der Waals surface area contributed by atoms with Gasteiger partial charge in [0.05, 0.1) is 18.2 Å². The number of H-pyrrole nitrogens is 1. The summed E-state index contributed by atoms with van der Waals surface area (Å²) in [7, 11) is 1.25. The number of esters is 1. The summed E-state index contributed by atoms with van der Waals surface area (Å²) in [5.41, 5.74) is 1.01. The third-order valence-corrected chi connectivity index (χ3v) is 4.16. The van der Waals surface area contributed by atoms with Crippen LogP contribution < -0.4 is 4.90 Å². The summed E-state index contributed by atoms with van der Waals surface area (Å²) in [6.45, 7) is 1.23. The van der Waals surface area contributed by atoms with Gasteiger partial charge >= 0.3 is 11.7 Å². The predicted octanol–water partition coefficient (Wildman–Crippen LogP) is 1.88. The van der Waals surface area contributed by atoms with Gasteiger partial charge in [-0.1, -0.05) is 0 Å². The minimum absolute atomic E-state index is 0.0588. The number of aromatic nitrogens is 3. The molecule has 2 aromatic heterocycles. The van der Waals surface area contributed by atoms with Gasteiger partial charge in [0.15, 0.2) is 5.69 Å². The highest BCUT2D eigenvalue weighted by Gasteiger charge is 2.29. The summed E-state index contributed by atoms with van der Waals surface area (Å²) in [6, 6.07) is 2.61. The molecule has 3 heterocycles. The van der Waals surface area contributed by atoms with E-state index in [1.165, 1.54) is 19.2 Å². The van der Waals surface area contributed by atoms with E-state index in [4.69, 9.17) is 0 Å². The average molecular weight is 331 g/mol. The molecule has 0 bridgehead atoms. The maximum Gasteiger partial charge on any atom is 0.356 e. The molecule has 1 unspecified atom stereocenters. The van der Waals surface area contributed by atoms with Gasteiger partial charge in [0, 0.05) is 31.3 Å². The van der Waals surface area contributed by atoms with E-state index in [0.717, 1.165) is 18.4 Å². The van der Waals surface area contributed by atoms with Gasteiger partial charge in [0.2, 0.25) is 5.82 Å². The lowest BCUT2D eigenvalue weighted by Gasteiger charge is -2.32. The lowest BCUT2D eigenvalue weighted by molar-refractivity contribution is -0.384. The number of piperidine rings is 1. The number of nitro groups is 1. The fourth-order valence-corrected chi connectivity index (χ4v) is 2.96. The van der Waals surface area contributed by atoms with E-state index in [0.29, 0.717) is 13.1 Å². The number of nitrogens with zero attached hydrogens (tertiary/aromatic N) is 4. The molecule has 1 fully saturated rings. The van der Waals surface area contributed by atoms with Crippen LogP contribution in [0.3, 0.4) is 0 Å². The van der Waals surface area contributed by atoms with Gasteiger partial charge in [-0.25, -0.2) is 9.78 Å². The van der Waals surface area contributed by atoms with Gasteiger partial charge in [0.25, 0.3) is 0 Å². The largest absolute Gasteiger partial charge is 0.464 e. The molecular weight excluding hydrogens is 314 g/mol. The van der Waals surface area contributed by atoms with Gasteiger partial charge in [-0.15, -0.1) is 0 Å². The van der Waals surface area contributed by atoms with Crippen molar-refractivity contribution in [2.24, 2.45) is 0 Å². The zero-order valence-corrected chi connectivity index (χ0v) is 13.1. The van der Waals surface area contributed by atoms with Crippen molar-refractivity contribution in [3.8, 4) is 0 Å². The van der Waals surface area contributed by atoms with Crippen molar-refractivity contribution in [1.29, 1.82) is 0 Å². The number of carbonyl (C=O) groups is 1. The number of anilines is 1. The summed E-state index contributed by atoms with van der Waals surface area (Å²) in [4.78, 5) is 28.6. The summed E-state index contributed by atoms with van der Waals surface area (Å²) in [5, 5.41) is 18.1. The molecule has 1 atom stereocenters. The number of hydrogen-bond donors (Lipinski definition) is 1. The Balaban J connectivity index is 1.93. The molecule has 9 nitrogen and oxygen atoms in total. The first-order chi connectivity index (χ1) is 11.6. The Labute approximate surface area is 137 Å². The molecule has 2 aromatic rings. The minimum atomic E-state index is -0.616. The normalized spacial score (nSPS) is 17.5. The summed E-state index contributed by atoms with van der Waals surface area (Å²) in [6.07, 6.45) is 5.44. The second-order valence-corrected chi connectivity index (χ2v) is 5.60. The molecule has 3 rings (SSSR count). The molecule has 0 radical (unpaired) electrons. The van der Waals surface area contributed by atoms with Crippen molar-refractivity contribution in [3.63, 3.8) is 0 Å². The van der Waals surface area contributed by atoms with Crippen molar-refractivity contribution < 1.29 is 14.5 Å². The van der Waals surface area contributed by atoms with Crippen LogP contribution in [0.2, 0.25) is 0 Å². The van der Waals surface area contributed by atoms with Crippen molar-refractivity contribution in [2.45, 2.75) is 18.8 Å². The Bertz CT molecular complexity index is 746. The van der Waals surface area contributed by atoms with Crippen LogP contribution in [0.5, 0.6) is 0 Å². The molecule has 1 saturated heterocycles. The third kappa shape index (κ3) is 3.05. The van der Waals surface area contributed by atoms with E-state index in [1.807, 2.05) is 11.1 Å². The van der Waals surface area contributed by atoms with Crippen LogP contribution >= 0.6 is 0 Å². The van der Waals surface area contributed by atoms with E-state index in [9.17, 15) is 14.9 Å². The van der Waals surface area contributed by atoms with Crippen molar-refractivity contribution in [2.75, 3.05) is 25.1 Å². The maximum absolute atomic E-state index is 11.7. The van der Waals surface area contributed by atoms with Crippen LogP contribution in [0.15, 0.2) is 24.5 Å². The smallest absolute Gasteiger partial charge is 0.356 e. The van der Waals surface area contributed by atoms with Gasteiger partial charge in [-0.2, -0.15) is 5.10 Å². The number of hydrogen-bond acceptors (Lipinski definition) is 7. The van der Waals surface area contributed by atoms with E-state index in [1.54, 1.807) is 6.20 Å². The molecule has 0 aliphatic carbocycles. The second kappa shape index (κ2) is 6.65. The van der Waals surface area contributed by atoms with Crippen molar-refractivity contribution in [1.82, 2.24) is 15.2 Å². The molecule has 0 spiro atoms. The molecule has 0 amide bonds. The molecule has 1 N–H and O–H groups in total. The molecule has 1 aliphatic heterocycles. The van der Waals surface area contributed by atoms with Gasteiger partial charge < -0.3 is 9.64 Å². The van der Waals surface area contributed by atoms with Gasteiger partial charge in [-0.3, -0.25) is 15.2 Å². The first-order valence-corrected chi connectivity index (χ1v) is 7.57. The Morgan fingerprint density at radius 2 is 2.33 bits per heavy atom. The number of pyridine rings is 1. The number of carbonyl (C=O) groups excluding carboxylic acids is 1. The molecular formula is C15H17N5O4. The first-order valence-electron chi connectivity index (χ1n) is 7.57. The Morgan fingerprint density at radius 3 is 3.00 bits per heavy atom. The highest BCUT2D eigenvalue weighted by atomic mass is 16.6. The summed E-state index contributed by atoms with van der Waals surface area (Å²) >= 11 is 0. The summed E-state index contributed by atoms with van der Waals surface area (Å²) < 4.78 is 4.66. The Morgan fingerprint density at radius 1 is 1.50 bits per heavy atom. The topological polar surface area (TPSA) is 114 Å². The zero-order chi connectivity index (χ0) is 17.1. The lowest BCUT2D eigenvalue weighted by atomic mass is 9.93. The number of nitrogens with one attached hydrogen (secondary N) is 1. The van der Waals surface area contributed by atoms with Gasteiger partial charge in [0.1, 0.15) is 0 Å². The van der Waals surface area contributed by atoms with Gasteiger partial charge in [-0.05, 0) is 24.5 Å². The standard InChI is InChI=1S/C15H17N5O4/c1-24-15(21)12-4-5-13(20(22)23)14(18-12)19-6-2-3-10(9-19)11-7-16-17-8-11/h4-5,7-8,10H,2-3,6,9H2,1H3,(H,16,17). The number of aromatic amines is 1. The monoisotopic (exact) mass is 331 g/mol. The number of rotatable bonds is 4. The quantitative estimate of drug-likeness (QED) is 0.517. The Kier molecular flexibility index (Phi) is 4.41. The molecule has 0 saturated carbocycles.